The number of nitrogens with zero attached hydrogens (tertiary/aromatic N) is 1. The maximum Gasteiger partial charge on any atom is 0.307 e. The number of aliphatic hydroxyl groups is 1. The highest BCUT2D eigenvalue weighted by Gasteiger charge is 2.48. The summed E-state index contributed by atoms with van der Waals surface area (Å²) in [6.07, 6.45) is -1.89. The zero-order valence-corrected chi connectivity index (χ0v) is 7.99. The maximum absolute atomic E-state index is 11.7. The number of hydrogen-bond acceptors (Lipinski definition) is 5. The molecule has 0 bridgehead atoms. The normalized spacial score (nSPS) is 24.1. The summed E-state index contributed by atoms with van der Waals surface area (Å²) in [6, 6.07) is 3.87. The lowest BCUT2D eigenvalue weighted by Crippen LogP contribution is -2.49. The van der Waals surface area contributed by atoms with E-state index in [9.17, 15) is 24.8 Å². The Morgan fingerprint density at radius 2 is 1.62 bits per heavy atom. The fraction of sp³-hybridized carbons (Fsp3) is 0.200. The first kappa shape index (κ1) is 10.4. The van der Waals surface area contributed by atoms with Gasteiger partial charge in [0.2, 0.25) is 5.78 Å². The van der Waals surface area contributed by atoms with E-state index < -0.39 is 28.6 Å². The topological polar surface area (TPSA) is 97.5 Å². The van der Waals surface area contributed by atoms with Gasteiger partial charge in [-0.05, 0) is 0 Å². The highest BCUT2D eigenvalue weighted by molar-refractivity contribution is 6.17. The van der Waals surface area contributed by atoms with Crippen molar-refractivity contribution in [3.8, 4) is 0 Å². The van der Waals surface area contributed by atoms with Crippen LogP contribution in [0.1, 0.15) is 20.7 Å². The zero-order chi connectivity index (χ0) is 11.9. The van der Waals surface area contributed by atoms with Crippen LogP contribution in [0.3, 0.4) is 0 Å². The third kappa shape index (κ3) is 1.31. The molecule has 0 amide bonds. The van der Waals surface area contributed by atoms with Crippen molar-refractivity contribution in [3.63, 3.8) is 0 Å². The smallest absolute Gasteiger partial charge is 0.307 e. The van der Waals surface area contributed by atoms with Crippen LogP contribution in [0.15, 0.2) is 24.3 Å². The Balaban J connectivity index is 2.61. The second-order valence-electron chi connectivity index (χ2n) is 3.45. The van der Waals surface area contributed by atoms with Crippen molar-refractivity contribution in [2.75, 3.05) is 0 Å². The molecule has 0 aromatic heterocycles. The molecule has 0 aliphatic heterocycles. The summed E-state index contributed by atoms with van der Waals surface area (Å²) in [5.74, 6) is -1.61. The quantitative estimate of drug-likeness (QED) is 0.534. The standard InChI is InChI=1S/C10H7NO5/c12-8-5-3-1-2-4-6(5)9(13)10(14)7(8)11(15)16/h1-4,7,10,14H/t7-,10-/m0/s1. The van der Waals surface area contributed by atoms with Crippen LogP contribution in [0.4, 0.5) is 0 Å². The number of ketones is 2. The van der Waals surface area contributed by atoms with Crippen LogP contribution in [0, 0.1) is 10.1 Å². The second-order valence-corrected chi connectivity index (χ2v) is 3.45. The average molecular weight is 221 g/mol. The van der Waals surface area contributed by atoms with Crippen LogP contribution < -0.4 is 0 Å². The average Bonchev–Trinajstić information content (AvgIpc) is 2.26. The van der Waals surface area contributed by atoms with Gasteiger partial charge in [-0.25, -0.2) is 0 Å². The van der Waals surface area contributed by atoms with Crippen molar-refractivity contribution >= 4 is 11.6 Å². The van der Waals surface area contributed by atoms with Crippen LogP contribution in [0.25, 0.3) is 0 Å². The van der Waals surface area contributed by atoms with Gasteiger partial charge < -0.3 is 5.11 Å². The van der Waals surface area contributed by atoms with E-state index in [-0.39, 0.29) is 11.1 Å². The molecular weight excluding hydrogens is 214 g/mol. The molecule has 1 aromatic carbocycles. The summed E-state index contributed by atoms with van der Waals surface area (Å²) in [7, 11) is 0. The van der Waals surface area contributed by atoms with Gasteiger partial charge in [-0.2, -0.15) is 0 Å². The summed E-state index contributed by atoms with van der Waals surface area (Å²) in [5.41, 5.74) is 0.0394. The van der Waals surface area contributed by atoms with E-state index in [2.05, 4.69) is 0 Å². The van der Waals surface area contributed by atoms with E-state index in [1.165, 1.54) is 24.3 Å². The van der Waals surface area contributed by atoms with Crippen LogP contribution in [-0.2, 0) is 0 Å². The number of aliphatic hydroxyl groups excluding tert-OH is 1. The monoisotopic (exact) mass is 221 g/mol. The molecule has 0 unspecified atom stereocenters. The predicted octanol–water partition coefficient (Wildman–Crippen LogP) is 0.0718. The summed E-state index contributed by atoms with van der Waals surface area (Å²) >= 11 is 0. The molecule has 1 aromatic rings. The fourth-order valence-electron chi connectivity index (χ4n) is 1.73. The molecule has 0 fully saturated rings. The number of carbonyl (C=O) groups excluding carboxylic acids is 2. The van der Waals surface area contributed by atoms with Crippen LogP contribution in [0.2, 0.25) is 0 Å². The summed E-state index contributed by atoms with van der Waals surface area (Å²) < 4.78 is 0. The molecule has 1 N–H and O–H groups in total. The Bertz CT molecular complexity index is 496. The number of rotatable bonds is 1. The van der Waals surface area contributed by atoms with Crippen LogP contribution >= 0.6 is 0 Å². The van der Waals surface area contributed by atoms with Gasteiger partial charge in [0.1, 0.15) is 0 Å². The van der Waals surface area contributed by atoms with Gasteiger partial charge in [-0.1, -0.05) is 24.3 Å². The Kier molecular flexibility index (Phi) is 2.28. The molecule has 0 saturated carbocycles. The Hall–Kier alpha value is -2.08. The minimum atomic E-state index is -1.89. The molecule has 1 aliphatic rings. The summed E-state index contributed by atoms with van der Waals surface area (Å²) in [6.45, 7) is 0. The lowest BCUT2D eigenvalue weighted by Gasteiger charge is -2.21. The van der Waals surface area contributed by atoms with Gasteiger partial charge in [-0.15, -0.1) is 0 Å². The van der Waals surface area contributed by atoms with Crippen LogP contribution in [-0.4, -0.2) is 33.7 Å². The largest absolute Gasteiger partial charge is 0.378 e. The van der Waals surface area contributed by atoms with Gasteiger partial charge in [0.25, 0.3) is 0 Å². The van der Waals surface area contributed by atoms with Crippen molar-refractivity contribution in [1.82, 2.24) is 0 Å². The van der Waals surface area contributed by atoms with Crippen molar-refractivity contribution in [2.45, 2.75) is 12.1 Å². The first-order chi connectivity index (χ1) is 7.54. The molecular formula is C10H7NO5. The van der Waals surface area contributed by atoms with Crippen LogP contribution in [0.5, 0.6) is 0 Å². The van der Waals surface area contributed by atoms with E-state index in [0.29, 0.717) is 0 Å². The Labute approximate surface area is 89.7 Å². The number of nitro groups is 1. The molecule has 6 nitrogen and oxygen atoms in total. The molecule has 2 rings (SSSR count). The predicted molar refractivity (Wildman–Crippen MR) is 51.9 cm³/mol. The third-order valence-electron chi connectivity index (χ3n) is 2.52. The van der Waals surface area contributed by atoms with Crippen molar-refractivity contribution in [1.29, 1.82) is 0 Å². The van der Waals surface area contributed by atoms with E-state index >= 15 is 0 Å². The van der Waals surface area contributed by atoms with Crippen molar-refractivity contribution in [2.24, 2.45) is 0 Å². The first-order valence-corrected chi connectivity index (χ1v) is 4.53. The third-order valence-corrected chi connectivity index (χ3v) is 2.52. The van der Waals surface area contributed by atoms with E-state index in [1.54, 1.807) is 0 Å². The lowest BCUT2D eigenvalue weighted by atomic mass is 9.84. The second kappa shape index (κ2) is 3.49. The summed E-state index contributed by atoms with van der Waals surface area (Å²) in [5, 5.41) is 20.0. The summed E-state index contributed by atoms with van der Waals surface area (Å²) in [4.78, 5) is 32.9. The lowest BCUT2D eigenvalue weighted by molar-refractivity contribution is -0.513. The fourth-order valence-corrected chi connectivity index (χ4v) is 1.73. The Morgan fingerprint density at radius 3 is 2.12 bits per heavy atom. The van der Waals surface area contributed by atoms with E-state index in [1.807, 2.05) is 0 Å². The molecule has 0 heterocycles. The molecule has 6 heteroatoms. The van der Waals surface area contributed by atoms with E-state index in [0.717, 1.165) is 0 Å². The van der Waals surface area contributed by atoms with Gasteiger partial charge >= 0.3 is 6.04 Å². The van der Waals surface area contributed by atoms with Crippen molar-refractivity contribution < 1.29 is 19.6 Å². The number of carbonyl (C=O) groups is 2. The first-order valence-electron chi connectivity index (χ1n) is 4.53. The van der Waals surface area contributed by atoms with Gasteiger partial charge in [-0.3, -0.25) is 19.7 Å². The highest BCUT2D eigenvalue weighted by atomic mass is 16.6. The minimum absolute atomic E-state index is 0.000463. The molecule has 2 atom stereocenters. The van der Waals surface area contributed by atoms with Crippen molar-refractivity contribution in [3.05, 3.63) is 45.5 Å². The molecule has 0 saturated heterocycles. The van der Waals surface area contributed by atoms with E-state index in [4.69, 9.17) is 0 Å². The number of benzene rings is 1. The molecule has 16 heavy (non-hydrogen) atoms. The number of hydrogen-bond donors (Lipinski definition) is 1. The molecule has 0 spiro atoms. The number of fused-ring (bicyclic) bond motifs is 1. The minimum Gasteiger partial charge on any atom is -0.378 e. The zero-order valence-electron chi connectivity index (χ0n) is 7.99. The highest BCUT2D eigenvalue weighted by Crippen LogP contribution is 2.23. The van der Waals surface area contributed by atoms with Gasteiger partial charge in [0.05, 0.1) is 0 Å². The SMILES string of the molecule is O=C1c2ccccc2C(=O)[C@H]([N+](=O)[O-])[C@@H]1O. The Morgan fingerprint density at radius 1 is 1.12 bits per heavy atom. The van der Waals surface area contributed by atoms with Gasteiger partial charge in [0, 0.05) is 16.1 Å². The molecule has 0 radical (unpaired) electrons. The molecule has 1 aliphatic carbocycles. The van der Waals surface area contributed by atoms with Gasteiger partial charge in [0.15, 0.2) is 11.9 Å². The molecule has 82 valence electrons. The number of Topliss-reactive ketones (excluding diaryl/α,β-unsaturated/α-hetero) is 2. The maximum atomic E-state index is 11.7.